The van der Waals surface area contributed by atoms with E-state index in [4.69, 9.17) is 23.7 Å². The highest BCUT2D eigenvalue weighted by atomic mass is 79.9. The maximum atomic E-state index is 12.2. The molecular formula is C21H26BrNO6. The largest absolute Gasteiger partial charge is 0.493 e. The van der Waals surface area contributed by atoms with Crippen LogP contribution in [0.3, 0.4) is 0 Å². The molecule has 2 aromatic carbocycles. The third-order valence-electron chi connectivity index (χ3n) is 4.35. The van der Waals surface area contributed by atoms with Crippen LogP contribution in [0, 0.1) is 0 Å². The number of ether oxygens (including phenoxy) is 5. The number of halogens is 1. The predicted octanol–water partition coefficient (Wildman–Crippen LogP) is 4.51. The average molecular weight is 468 g/mol. The molecule has 1 atom stereocenters. The number of carbonyl (C=O) groups excluding carboxylic acids is 1. The van der Waals surface area contributed by atoms with Crippen molar-refractivity contribution in [2.75, 3.05) is 35.0 Å². The molecule has 0 unspecified atom stereocenters. The molecule has 0 saturated heterocycles. The molecular weight excluding hydrogens is 442 g/mol. The number of hydrogen-bond donors (Lipinski definition) is 1. The van der Waals surface area contributed by atoms with E-state index in [0.29, 0.717) is 29.4 Å². The lowest BCUT2D eigenvalue weighted by Gasteiger charge is -2.22. The first kappa shape index (κ1) is 22.7. The molecule has 1 amide bonds. The summed E-state index contributed by atoms with van der Waals surface area (Å²) in [6.07, 6.45) is -0.0150. The van der Waals surface area contributed by atoms with Gasteiger partial charge in [-0.15, -0.1) is 0 Å². The van der Waals surface area contributed by atoms with Crippen molar-refractivity contribution in [1.82, 2.24) is 5.32 Å². The molecule has 0 radical (unpaired) electrons. The molecule has 0 aliphatic carbocycles. The van der Waals surface area contributed by atoms with Crippen molar-refractivity contribution >= 4 is 22.0 Å². The minimum absolute atomic E-state index is 0.282. The molecule has 2 rings (SSSR count). The van der Waals surface area contributed by atoms with Crippen LogP contribution in [0.1, 0.15) is 24.1 Å². The Morgan fingerprint density at radius 1 is 0.931 bits per heavy atom. The number of benzene rings is 2. The molecule has 0 bridgehead atoms. The Labute approximate surface area is 179 Å². The molecule has 8 heteroatoms. The molecule has 0 aliphatic heterocycles. The van der Waals surface area contributed by atoms with Gasteiger partial charge in [0, 0.05) is 4.47 Å². The van der Waals surface area contributed by atoms with E-state index in [0.717, 1.165) is 15.6 Å². The maximum absolute atomic E-state index is 12.2. The Morgan fingerprint density at radius 3 is 2.10 bits per heavy atom. The van der Waals surface area contributed by atoms with Crippen molar-refractivity contribution in [3.8, 4) is 23.0 Å². The predicted molar refractivity (Wildman–Crippen MR) is 113 cm³/mol. The highest BCUT2D eigenvalue weighted by Gasteiger charge is 2.21. The third kappa shape index (κ3) is 5.69. The maximum Gasteiger partial charge on any atom is 0.407 e. The highest BCUT2D eigenvalue weighted by Crippen LogP contribution is 2.36. The van der Waals surface area contributed by atoms with Crippen LogP contribution in [0.4, 0.5) is 4.79 Å². The number of rotatable bonds is 9. The number of hydrogen-bond acceptors (Lipinski definition) is 6. The lowest BCUT2D eigenvalue weighted by Crippen LogP contribution is -2.30. The molecule has 0 saturated carbocycles. The summed E-state index contributed by atoms with van der Waals surface area (Å²) in [6.45, 7) is 2.04. The number of amides is 1. The Bertz CT molecular complexity index is 842. The molecule has 1 N–H and O–H groups in total. The fourth-order valence-electron chi connectivity index (χ4n) is 2.91. The van der Waals surface area contributed by atoms with E-state index >= 15 is 0 Å². The molecule has 7 nitrogen and oxygen atoms in total. The molecule has 0 fully saturated rings. The summed E-state index contributed by atoms with van der Waals surface area (Å²) in [4.78, 5) is 12.2. The standard InChI is InChI=1S/C21H26BrNO6/c1-6-29-21(24)23-16(13-7-8-17(25-2)18(10-13)26-3)9-14-11-19(27-4)20(28-5)12-15(14)22/h7-8,10-12,16H,6,9H2,1-5H3,(H,23,24)/t16-/m0/s1. The Kier molecular flexibility index (Phi) is 8.45. The van der Waals surface area contributed by atoms with Crippen LogP contribution in [-0.4, -0.2) is 41.1 Å². The van der Waals surface area contributed by atoms with Gasteiger partial charge >= 0.3 is 6.09 Å². The fraction of sp³-hybridized carbons (Fsp3) is 0.381. The van der Waals surface area contributed by atoms with Gasteiger partial charge in [-0.1, -0.05) is 22.0 Å². The molecule has 2 aromatic rings. The zero-order chi connectivity index (χ0) is 21.4. The SMILES string of the molecule is CCOC(=O)N[C@@H](Cc1cc(OC)c(OC)cc1Br)c1ccc(OC)c(OC)c1. The van der Waals surface area contributed by atoms with Crippen molar-refractivity contribution in [2.24, 2.45) is 0 Å². The van der Waals surface area contributed by atoms with Crippen LogP contribution < -0.4 is 24.3 Å². The molecule has 0 spiro atoms. The quantitative estimate of drug-likeness (QED) is 0.584. The summed E-state index contributed by atoms with van der Waals surface area (Å²) in [5, 5.41) is 2.91. The number of alkyl carbamates (subject to hydrolysis) is 1. The van der Waals surface area contributed by atoms with E-state index in [2.05, 4.69) is 21.2 Å². The van der Waals surface area contributed by atoms with Crippen molar-refractivity contribution in [1.29, 1.82) is 0 Å². The normalized spacial score (nSPS) is 11.4. The van der Waals surface area contributed by atoms with Gasteiger partial charge in [-0.05, 0) is 48.7 Å². The fourth-order valence-corrected chi connectivity index (χ4v) is 3.39. The zero-order valence-corrected chi connectivity index (χ0v) is 18.8. The molecule has 0 aliphatic rings. The second-order valence-electron chi connectivity index (χ2n) is 6.03. The van der Waals surface area contributed by atoms with E-state index < -0.39 is 6.09 Å². The van der Waals surface area contributed by atoms with Gasteiger partial charge < -0.3 is 29.0 Å². The van der Waals surface area contributed by atoms with Crippen LogP contribution in [0.2, 0.25) is 0 Å². The second kappa shape index (κ2) is 10.8. The first-order chi connectivity index (χ1) is 14.0. The Morgan fingerprint density at radius 2 is 1.52 bits per heavy atom. The van der Waals surface area contributed by atoms with Crippen LogP contribution in [0.25, 0.3) is 0 Å². The highest BCUT2D eigenvalue weighted by molar-refractivity contribution is 9.10. The van der Waals surface area contributed by atoms with Crippen molar-refractivity contribution < 1.29 is 28.5 Å². The summed E-state index contributed by atoms with van der Waals surface area (Å²) in [5.41, 5.74) is 1.77. The topological polar surface area (TPSA) is 75.3 Å². The van der Waals surface area contributed by atoms with Gasteiger partial charge in [-0.2, -0.15) is 0 Å². The number of methoxy groups -OCH3 is 4. The van der Waals surface area contributed by atoms with E-state index in [9.17, 15) is 4.79 Å². The molecule has 29 heavy (non-hydrogen) atoms. The van der Waals surface area contributed by atoms with Crippen LogP contribution in [0.15, 0.2) is 34.8 Å². The van der Waals surface area contributed by atoms with Gasteiger partial charge in [0.05, 0.1) is 41.1 Å². The molecule has 0 heterocycles. The summed E-state index contributed by atoms with van der Waals surface area (Å²) in [7, 11) is 6.31. The first-order valence-electron chi connectivity index (χ1n) is 9.02. The summed E-state index contributed by atoms with van der Waals surface area (Å²) < 4.78 is 27.4. The van der Waals surface area contributed by atoms with Crippen LogP contribution >= 0.6 is 15.9 Å². The lowest BCUT2D eigenvalue weighted by molar-refractivity contribution is 0.148. The van der Waals surface area contributed by atoms with Crippen LogP contribution in [0.5, 0.6) is 23.0 Å². The van der Waals surface area contributed by atoms with Crippen molar-refractivity contribution in [3.63, 3.8) is 0 Å². The Hall–Kier alpha value is -2.61. The van der Waals surface area contributed by atoms with Crippen LogP contribution in [-0.2, 0) is 11.2 Å². The third-order valence-corrected chi connectivity index (χ3v) is 5.09. The number of nitrogens with one attached hydrogen (secondary N) is 1. The van der Waals surface area contributed by atoms with Gasteiger partial charge in [0.25, 0.3) is 0 Å². The monoisotopic (exact) mass is 467 g/mol. The minimum atomic E-state index is -0.496. The lowest BCUT2D eigenvalue weighted by atomic mass is 9.98. The molecule has 158 valence electrons. The summed E-state index contributed by atoms with van der Waals surface area (Å²) in [5.74, 6) is 2.41. The Balaban J connectivity index is 2.43. The smallest absolute Gasteiger partial charge is 0.407 e. The van der Waals surface area contributed by atoms with E-state index in [-0.39, 0.29) is 12.6 Å². The average Bonchev–Trinajstić information content (AvgIpc) is 2.73. The van der Waals surface area contributed by atoms with Crippen molar-refractivity contribution in [3.05, 3.63) is 45.9 Å². The van der Waals surface area contributed by atoms with Gasteiger partial charge in [0.15, 0.2) is 23.0 Å². The first-order valence-corrected chi connectivity index (χ1v) is 9.82. The van der Waals surface area contributed by atoms with E-state index in [1.54, 1.807) is 41.4 Å². The van der Waals surface area contributed by atoms with Gasteiger partial charge in [0.1, 0.15) is 0 Å². The van der Waals surface area contributed by atoms with Gasteiger partial charge in [-0.3, -0.25) is 0 Å². The van der Waals surface area contributed by atoms with E-state index in [1.807, 2.05) is 24.3 Å². The number of carbonyl (C=O) groups is 1. The summed E-state index contributed by atoms with van der Waals surface area (Å²) >= 11 is 3.58. The zero-order valence-electron chi connectivity index (χ0n) is 17.2. The van der Waals surface area contributed by atoms with Crippen molar-refractivity contribution in [2.45, 2.75) is 19.4 Å². The van der Waals surface area contributed by atoms with Gasteiger partial charge in [0.2, 0.25) is 0 Å². The molecule has 0 aromatic heterocycles. The summed E-state index contributed by atoms with van der Waals surface area (Å²) in [6, 6.07) is 8.87. The second-order valence-corrected chi connectivity index (χ2v) is 6.89. The van der Waals surface area contributed by atoms with Gasteiger partial charge in [-0.25, -0.2) is 4.79 Å². The van der Waals surface area contributed by atoms with E-state index in [1.165, 1.54) is 0 Å². The minimum Gasteiger partial charge on any atom is -0.493 e.